The standard InChI is InChI=1S/C14H18BrNO3/c1-18-9-14(17)16-7-3-4-12(16)11-8-10(15)5-6-13(11)19-2/h5-6,8,12H,3-4,7,9H2,1-2H3/t12-/m1/s1. The molecule has 1 aromatic carbocycles. The molecular weight excluding hydrogens is 310 g/mol. The number of carbonyl (C=O) groups excluding carboxylic acids is 1. The molecule has 0 aliphatic carbocycles. The van der Waals surface area contributed by atoms with Crippen molar-refractivity contribution in [1.29, 1.82) is 0 Å². The SMILES string of the molecule is COCC(=O)N1CCC[C@@H]1c1cc(Br)ccc1OC. The summed E-state index contributed by atoms with van der Waals surface area (Å²) >= 11 is 3.48. The highest BCUT2D eigenvalue weighted by Crippen LogP contribution is 2.38. The first-order chi connectivity index (χ1) is 9.17. The molecule has 2 rings (SSSR count). The fraction of sp³-hybridized carbons (Fsp3) is 0.500. The summed E-state index contributed by atoms with van der Waals surface area (Å²) in [7, 11) is 3.20. The van der Waals surface area contributed by atoms with Gasteiger partial charge >= 0.3 is 0 Å². The van der Waals surface area contributed by atoms with Gasteiger partial charge in [0.2, 0.25) is 5.91 Å². The van der Waals surface area contributed by atoms with Gasteiger partial charge in [0, 0.05) is 23.7 Å². The molecule has 1 saturated heterocycles. The first kappa shape index (κ1) is 14.3. The molecule has 0 aromatic heterocycles. The number of methoxy groups -OCH3 is 2. The molecule has 1 aromatic rings. The van der Waals surface area contributed by atoms with Crippen LogP contribution in [-0.2, 0) is 9.53 Å². The van der Waals surface area contributed by atoms with Gasteiger partial charge in [-0.05, 0) is 31.0 Å². The lowest BCUT2D eigenvalue weighted by Gasteiger charge is -2.26. The minimum atomic E-state index is 0.0343. The second-order valence-electron chi connectivity index (χ2n) is 4.56. The third-order valence-corrected chi connectivity index (χ3v) is 3.88. The summed E-state index contributed by atoms with van der Waals surface area (Å²) in [5.74, 6) is 0.859. The maximum Gasteiger partial charge on any atom is 0.249 e. The number of halogens is 1. The number of ether oxygens (including phenoxy) is 2. The van der Waals surface area contributed by atoms with Crippen molar-refractivity contribution in [3.05, 3.63) is 28.2 Å². The Bertz CT molecular complexity index is 464. The molecule has 1 atom stereocenters. The summed E-state index contributed by atoms with van der Waals surface area (Å²) in [6.07, 6.45) is 1.97. The van der Waals surface area contributed by atoms with Crippen molar-refractivity contribution < 1.29 is 14.3 Å². The molecule has 0 unspecified atom stereocenters. The Balaban J connectivity index is 2.29. The highest BCUT2D eigenvalue weighted by atomic mass is 79.9. The molecule has 19 heavy (non-hydrogen) atoms. The molecule has 1 heterocycles. The molecule has 0 saturated carbocycles. The van der Waals surface area contributed by atoms with Gasteiger partial charge in [0.1, 0.15) is 12.4 Å². The van der Waals surface area contributed by atoms with Gasteiger partial charge < -0.3 is 14.4 Å². The number of benzene rings is 1. The molecular formula is C14H18BrNO3. The minimum absolute atomic E-state index is 0.0343. The number of carbonyl (C=O) groups is 1. The lowest BCUT2D eigenvalue weighted by Crippen LogP contribution is -2.33. The van der Waals surface area contributed by atoms with E-state index in [0.29, 0.717) is 0 Å². The van der Waals surface area contributed by atoms with Gasteiger partial charge in [0.25, 0.3) is 0 Å². The van der Waals surface area contributed by atoms with Crippen molar-refractivity contribution in [2.45, 2.75) is 18.9 Å². The van der Waals surface area contributed by atoms with Crippen LogP contribution in [0.3, 0.4) is 0 Å². The number of nitrogens with zero attached hydrogens (tertiary/aromatic N) is 1. The Morgan fingerprint density at radius 2 is 2.26 bits per heavy atom. The molecule has 0 bridgehead atoms. The van der Waals surface area contributed by atoms with E-state index in [-0.39, 0.29) is 18.6 Å². The van der Waals surface area contributed by atoms with Crippen LogP contribution in [0.1, 0.15) is 24.4 Å². The van der Waals surface area contributed by atoms with Crippen LogP contribution in [0.15, 0.2) is 22.7 Å². The summed E-state index contributed by atoms with van der Waals surface area (Å²) in [5.41, 5.74) is 1.05. The number of amides is 1. The zero-order valence-corrected chi connectivity index (χ0v) is 12.8. The molecule has 5 heteroatoms. The summed E-state index contributed by atoms with van der Waals surface area (Å²) in [6, 6.07) is 5.98. The van der Waals surface area contributed by atoms with Crippen LogP contribution in [0.2, 0.25) is 0 Å². The zero-order valence-electron chi connectivity index (χ0n) is 11.2. The highest BCUT2D eigenvalue weighted by molar-refractivity contribution is 9.10. The smallest absolute Gasteiger partial charge is 0.249 e. The molecule has 0 N–H and O–H groups in total. The third kappa shape index (κ3) is 3.09. The molecule has 1 aliphatic heterocycles. The Hall–Kier alpha value is -1.07. The Kier molecular flexibility index (Phi) is 4.82. The molecule has 1 amide bonds. The molecule has 0 spiro atoms. The van der Waals surface area contributed by atoms with Crippen molar-refractivity contribution in [1.82, 2.24) is 4.90 Å². The molecule has 4 nitrogen and oxygen atoms in total. The van der Waals surface area contributed by atoms with Crippen LogP contribution in [-0.4, -0.2) is 38.2 Å². The van der Waals surface area contributed by atoms with E-state index in [1.54, 1.807) is 14.2 Å². The van der Waals surface area contributed by atoms with Gasteiger partial charge in [0.05, 0.1) is 13.2 Å². The molecule has 0 radical (unpaired) electrons. The average molecular weight is 328 g/mol. The van der Waals surface area contributed by atoms with Crippen LogP contribution >= 0.6 is 15.9 Å². The molecule has 1 aliphatic rings. The van der Waals surface area contributed by atoms with Crippen molar-refractivity contribution >= 4 is 21.8 Å². The van der Waals surface area contributed by atoms with Crippen LogP contribution in [0.5, 0.6) is 5.75 Å². The Labute approximate surface area is 121 Å². The number of rotatable bonds is 4. The fourth-order valence-corrected chi connectivity index (χ4v) is 2.94. The first-order valence-corrected chi connectivity index (χ1v) is 7.08. The summed E-state index contributed by atoms with van der Waals surface area (Å²) < 4.78 is 11.4. The van der Waals surface area contributed by atoms with E-state index in [9.17, 15) is 4.79 Å². The normalized spacial score (nSPS) is 18.7. The van der Waals surface area contributed by atoms with Gasteiger partial charge in [-0.25, -0.2) is 0 Å². The largest absolute Gasteiger partial charge is 0.496 e. The monoisotopic (exact) mass is 327 g/mol. The number of hydrogen-bond acceptors (Lipinski definition) is 3. The van der Waals surface area contributed by atoms with E-state index < -0.39 is 0 Å². The van der Waals surface area contributed by atoms with Crippen LogP contribution in [0.25, 0.3) is 0 Å². The highest BCUT2D eigenvalue weighted by Gasteiger charge is 2.31. The lowest BCUT2D eigenvalue weighted by atomic mass is 10.0. The van der Waals surface area contributed by atoms with Crippen molar-refractivity contribution in [2.75, 3.05) is 27.4 Å². The summed E-state index contributed by atoms with van der Waals surface area (Å²) in [4.78, 5) is 13.9. The molecule has 1 fully saturated rings. The maximum atomic E-state index is 12.1. The topological polar surface area (TPSA) is 38.8 Å². The van der Waals surface area contributed by atoms with Crippen LogP contribution in [0.4, 0.5) is 0 Å². The van der Waals surface area contributed by atoms with Gasteiger partial charge in [0.15, 0.2) is 0 Å². The predicted octanol–water partition coefficient (Wildman–Crippen LogP) is 2.77. The second kappa shape index (κ2) is 6.39. The van der Waals surface area contributed by atoms with Gasteiger partial charge in [-0.3, -0.25) is 4.79 Å². The van der Waals surface area contributed by atoms with E-state index >= 15 is 0 Å². The van der Waals surface area contributed by atoms with Gasteiger partial charge in [-0.1, -0.05) is 15.9 Å². The van der Waals surface area contributed by atoms with E-state index in [0.717, 1.165) is 35.2 Å². The van der Waals surface area contributed by atoms with E-state index in [1.807, 2.05) is 23.1 Å². The van der Waals surface area contributed by atoms with Crippen molar-refractivity contribution in [2.24, 2.45) is 0 Å². The summed E-state index contributed by atoms with van der Waals surface area (Å²) in [5, 5.41) is 0. The van der Waals surface area contributed by atoms with Crippen LogP contribution in [0, 0.1) is 0 Å². The second-order valence-corrected chi connectivity index (χ2v) is 5.48. The van der Waals surface area contributed by atoms with Crippen LogP contribution < -0.4 is 4.74 Å². The third-order valence-electron chi connectivity index (χ3n) is 3.39. The average Bonchev–Trinajstić information content (AvgIpc) is 2.88. The predicted molar refractivity (Wildman–Crippen MR) is 76.3 cm³/mol. The van der Waals surface area contributed by atoms with Crippen molar-refractivity contribution in [3.63, 3.8) is 0 Å². The lowest BCUT2D eigenvalue weighted by molar-refractivity contribution is -0.136. The molecule has 104 valence electrons. The minimum Gasteiger partial charge on any atom is -0.496 e. The fourth-order valence-electron chi connectivity index (χ4n) is 2.56. The Morgan fingerprint density at radius 3 is 2.95 bits per heavy atom. The number of likely N-dealkylation sites (tertiary alicyclic amines) is 1. The summed E-state index contributed by atoms with van der Waals surface area (Å²) in [6.45, 7) is 0.912. The van der Waals surface area contributed by atoms with E-state index in [4.69, 9.17) is 9.47 Å². The van der Waals surface area contributed by atoms with Gasteiger partial charge in [-0.2, -0.15) is 0 Å². The Morgan fingerprint density at radius 1 is 1.47 bits per heavy atom. The van der Waals surface area contributed by atoms with E-state index in [1.165, 1.54) is 0 Å². The maximum absolute atomic E-state index is 12.1. The quantitative estimate of drug-likeness (QED) is 0.853. The van der Waals surface area contributed by atoms with Gasteiger partial charge in [-0.15, -0.1) is 0 Å². The zero-order chi connectivity index (χ0) is 13.8. The number of hydrogen-bond donors (Lipinski definition) is 0. The van der Waals surface area contributed by atoms with E-state index in [2.05, 4.69) is 15.9 Å². The van der Waals surface area contributed by atoms with Crippen molar-refractivity contribution in [3.8, 4) is 5.75 Å². The first-order valence-electron chi connectivity index (χ1n) is 6.29.